The summed E-state index contributed by atoms with van der Waals surface area (Å²) < 4.78 is 2.13. The van der Waals surface area contributed by atoms with Crippen molar-refractivity contribution in [2.45, 2.75) is 44.5 Å². The van der Waals surface area contributed by atoms with Gasteiger partial charge < -0.3 is 4.90 Å². The molecule has 1 saturated carbocycles. The zero-order chi connectivity index (χ0) is 12.5. The van der Waals surface area contributed by atoms with Gasteiger partial charge in [-0.2, -0.15) is 0 Å². The van der Waals surface area contributed by atoms with Gasteiger partial charge in [-0.1, -0.05) is 13.3 Å². The van der Waals surface area contributed by atoms with E-state index in [1.807, 2.05) is 0 Å². The molecule has 3 nitrogen and oxygen atoms in total. The Morgan fingerprint density at radius 1 is 1.56 bits per heavy atom. The number of nitrogens with zero attached hydrogens (tertiary/aromatic N) is 3. The normalized spacial score (nSPS) is 15.4. The third-order valence-corrected chi connectivity index (χ3v) is 4.49. The second-order valence-corrected chi connectivity index (χ2v) is 5.99. The quantitative estimate of drug-likeness (QED) is 0.750. The van der Waals surface area contributed by atoms with E-state index in [1.165, 1.54) is 25.7 Å². The van der Waals surface area contributed by atoms with Crippen molar-refractivity contribution >= 4 is 33.7 Å². The molecule has 1 fully saturated rings. The highest BCUT2D eigenvalue weighted by molar-refractivity contribution is 7.15. The molecule has 5 heteroatoms. The third-order valence-electron chi connectivity index (χ3n) is 3.48. The molecule has 0 bridgehead atoms. The number of hydrogen-bond acceptors (Lipinski definition) is 3. The van der Waals surface area contributed by atoms with Crippen LogP contribution >= 0.6 is 22.9 Å². The van der Waals surface area contributed by atoms with Crippen LogP contribution < -0.4 is 4.90 Å². The fraction of sp³-hybridized carbons (Fsp3) is 0.615. The Bertz CT molecular complexity index is 529. The summed E-state index contributed by atoms with van der Waals surface area (Å²) in [5.74, 6) is 1.65. The first-order chi connectivity index (χ1) is 8.85. The van der Waals surface area contributed by atoms with Crippen LogP contribution in [0.3, 0.4) is 0 Å². The van der Waals surface area contributed by atoms with Crippen LogP contribution in [0.2, 0.25) is 0 Å². The first-order valence-corrected chi connectivity index (χ1v) is 8.03. The van der Waals surface area contributed by atoms with Crippen LogP contribution in [0.25, 0.3) is 4.96 Å². The van der Waals surface area contributed by atoms with Crippen LogP contribution in [-0.4, -0.2) is 22.0 Å². The molecule has 0 atom stereocenters. The number of alkyl halides is 1. The molecule has 2 aromatic heterocycles. The number of aromatic nitrogens is 2. The van der Waals surface area contributed by atoms with E-state index in [-0.39, 0.29) is 0 Å². The molecule has 2 heterocycles. The van der Waals surface area contributed by atoms with E-state index < -0.39 is 0 Å². The fourth-order valence-electron chi connectivity index (χ4n) is 2.35. The molecule has 0 aliphatic heterocycles. The lowest BCUT2D eigenvalue weighted by Gasteiger charge is -2.23. The minimum absolute atomic E-state index is 0.530. The summed E-state index contributed by atoms with van der Waals surface area (Å²) in [6.07, 6.45) is 7.12. The van der Waals surface area contributed by atoms with Crippen LogP contribution in [0.4, 0.5) is 5.82 Å². The molecule has 0 N–H and O–H groups in total. The lowest BCUT2D eigenvalue weighted by Crippen LogP contribution is -2.28. The molecule has 0 unspecified atom stereocenters. The lowest BCUT2D eigenvalue weighted by molar-refractivity contribution is 0.704. The Morgan fingerprint density at radius 3 is 3.06 bits per heavy atom. The predicted octanol–water partition coefficient (Wildman–Crippen LogP) is 3.90. The van der Waals surface area contributed by atoms with Crippen LogP contribution in [0.5, 0.6) is 0 Å². The topological polar surface area (TPSA) is 20.5 Å². The van der Waals surface area contributed by atoms with Gasteiger partial charge >= 0.3 is 0 Å². The number of hydrogen-bond donors (Lipinski definition) is 0. The number of unbranched alkanes of at least 4 members (excludes halogenated alkanes) is 1. The molecule has 0 spiro atoms. The summed E-state index contributed by atoms with van der Waals surface area (Å²) in [6.45, 7) is 3.34. The van der Waals surface area contributed by atoms with Crippen LogP contribution in [0.1, 0.15) is 38.3 Å². The Labute approximate surface area is 116 Å². The predicted molar refractivity (Wildman–Crippen MR) is 77.9 cm³/mol. The third kappa shape index (κ3) is 2.12. The lowest BCUT2D eigenvalue weighted by atomic mass is 10.3. The van der Waals surface area contributed by atoms with Gasteiger partial charge in [0.2, 0.25) is 0 Å². The van der Waals surface area contributed by atoms with E-state index in [4.69, 9.17) is 16.6 Å². The van der Waals surface area contributed by atoms with Crippen molar-refractivity contribution in [1.29, 1.82) is 0 Å². The van der Waals surface area contributed by atoms with Gasteiger partial charge in [-0.05, 0) is 19.3 Å². The minimum atomic E-state index is 0.530. The van der Waals surface area contributed by atoms with E-state index in [9.17, 15) is 0 Å². The molecular weight excluding hydrogens is 266 g/mol. The zero-order valence-corrected chi connectivity index (χ0v) is 12.2. The average molecular weight is 284 g/mol. The molecular formula is C13H18ClN3S. The second-order valence-electron chi connectivity index (χ2n) is 4.85. The van der Waals surface area contributed by atoms with Gasteiger partial charge in [-0.15, -0.1) is 22.9 Å². The molecule has 18 heavy (non-hydrogen) atoms. The largest absolute Gasteiger partial charge is 0.352 e. The maximum Gasteiger partial charge on any atom is 0.195 e. The summed E-state index contributed by atoms with van der Waals surface area (Å²) in [6, 6.07) is 0.697. The summed E-state index contributed by atoms with van der Waals surface area (Å²) in [5.41, 5.74) is 1.15. The molecule has 0 aromatic carbocycles. The molecule has 2 aromatic rings. The van der Waals surface area contributed by atoms with Crippen LogP contribution in [-0.2, 0) is 5.88 Å². The van der Waals surface area contributed by atoms with E-state index in [0.717, 1.165) is 23.0 Å². The van der Waals surface area contributed by atoms with E-state index in [0.29, 0.717) is 11.9 Å². The van der Waals surface area contributed by atoms with Crippen LogP contribution in [0.15, 0.2) is 11.6 Å². The number of rotatable bonds is 6. The SMILES string of the molecule is CCCCN(c1nc2sccn2c1CCl)C1CC1. The van der Waals surface area contributed by atoms with Gasteiger partial charge in [0.05, 0.1) is 11.6 Å². The highest BCUT2D eigenvalue weighted by Crippen LogP contribution is 2.35. The average Bonchev–Trinajstić information content (AvgIpc) is 3.00. The van der Waals surface area contributed by atoms with E-state index in [1.54, 1.807) is 11.3 Å². The Kier molecular flexibility index (Phi) is 3.48. The van der Waals surface area contributed by atoms with Gasteiger partial charge in [0.25, 0.3) is 0 Å². The van der Waals surface area contributed by atoms with Crippen molar-refractivity contribution < 1.29 is 0 Å². The van der Waals surface area contributed by atoms with Crippen LogP contribution in [0, 0.1) is 0 Å². The summed E-state index contributed by atoms with van der Waals surface area (Å²) in [5, 5.41) is 2.07. The summed E-state index contributed by atoms with van der Waals surface area (Å²) in [7, 11) is 0. The maximum atomic E-state index is 6.13. The number of halogens is 1. The highest BCUT2D eigenvalue weighted by atomic mass is 35.5. The van der Waals surface area contributed by atoms with Gasteiger partial charge in [-0.25, -0.2) is 4.98 Å². The van der Waals surface area contributed by atoms with Crippen molar-refractivity contribution in [2.24, 2.45) is 0 Å². The van der Waals surface area contributed by atoms with Crippen molar-refractivity contribution in [1.82, 2.24) is 9.38 Å². The van der Waals surface area contributed by atoms with Gasteiger partial charge in [0.15, 0.2) is 10.8 Å². The number of anilines is 1. The molecule has 0 amide bonds. The van der Waals surface area contributed by atoms with Crippen molar-refractivity contribution in [3.05, 3.63) is 17.3 Å². The Morgan fingerprint density at radius 2 is 2.39 bits per heavy atom. The molecule has 98 valence electrons. The van der Waals surface area contributed by atoms with Gasteiger partial charge in [-0.3, -0.25) is 4.40 Å². The van der Waals surface area contributed by atoms with Crippen molar-refractivity contribution in [3.8, 4) is 0 Å². The smallest absolute Gasteiger partial charge is 0.195 e. The second kappa shape index (κ2) is 5.10. The number of imidazole rings is 1. The van der Waals surface area contributed by atoms with E-state index >= 15 is 0 Å². The van der Waals surface area contributed by atoms with Gasteiger partial charge in [0, 0.05) is 24.2 Å². The Balaban J connectivity index is 1.96. The fourth-order valence-corrected chi connectivity index (χ4v) is 3.33. The van der Waals surface area contributed by atoms with E-state index in [2.05, 4.69) is 27.8 Å². The monoisotopic (exact) mass is 283 g/mol. The standard InChI is InChI=1S/C13H18ClN3S/c1-2-3-6-16(10-4-5-10)12-11(9-14)17-7-8-18-13(17)15-12/h7-8,10H,2-6,9H2,1H3. The first-order valence-electron chi connectivity index (χ1n) is 6.62. The van der Waals surface area contributed by atoms with Crippen molar-refractivity contribution in [3.63, 3.8) is 0 Å². The maximum absolute atomic E-state index is 6.13. The zero-order valence-electron chi connectivity index (χ0n) is 10.6. The molecule has 0 saturated heterocycles. The van der Waals surface area contributed by atoms with Crippen molar-refractivity contribution in [2.75, 3.05) is 11.4 Å². The minimum Gasteiger partial charge on any atom is -0.352 e. The molecule has 1 aliphatic carbocycles. The molecule has 0 radical (unpaired) electrons. The molecule has 1 aliphatic rings. The Hall–Kier alpha value is -0.740. The van der Waals surface area contributed by atoms with Gasteiger partial charge in [0.1, 0.15) is 0 Å². The first kappa shape index (κ1) is 12.3. The molecule has 3 rings (SSSR count). The number of thiazole rings is 1. The summed E-state index contributed by atoms with van der Waals surface area (Å²) >= 11 is 7.81. The number of fused-ring (bicyclic) bond motifs is 1. The highest BCUT2D eigenvalue weighted by Gasteiger charge is 2.32. The summed E-state index contributed by atoms with van der Waals surface area (Å²) in [4.78, 5) is 8.31.